The van der Waals surface area contributed by atoms with Crippen LogP contribution in [0, 0.1) is 0 Å². The molecule has 0 saturated carbocycles. The van der Waals surface area contributed by atoms with E-state index in [0.29, 0.717) is 17.9 Å². The van der Waals surface area contributed by atoms with E-state index in [9.17, 15) is 9.59 Å². The van der Waals surface area contributed by atoms with Gasteiger partial charge in [0, 0.05) is 24.6 Å². The standard InChI is InChI=1S/C21H23N3O3/c1-2-14-5-8-16(9-6-14)24-19(25)10-7-15-12-18(23-20(15)24)21(26)22-13-17-4-3-11-27-17/h5-10,12,17,23H,2-4,11,13H2,1H3,(H,22,26). The van der Waals surface area contributed by atoms with Crippen LogP contribution in [-0.2, 0) is 11.2 Å². The Bertz CT molecular complexity index is 1010. The molecule has 2 N–H and O–H groups in total. The third-order valence-corrected chi connectivity index (χ3v) is 5.04. The van der Waals surface area contributed by atoms with Crippen LogP contribution in [0.2, 0.25) is 0 Å². The predicted molar refractivity (Wildman–Crippen MR) is 105 cm³/mol. The van der Waals surface area contributed by atoms with Crippen LogP contribution in [0.5, 0.6) is 0 Å². The fourth-order valence-corrected chi connectivity index (χ4v) is 3.48. The lowest BCUT2D eigenvalue weighted by Gasteiger charge is -2.10. The number of aryl methyl sites for hydroxylation is 1. The molecule has 3 heterocycles. The maximum Gasteiger partial charge on any atom is 0.267 e. The van der Waals surface area contributed by atoms with E-state index in [0.717, 1.165) is 36.9 Å². The number of benzene rings is 1. The Kier molecular flexibility index (Phi) is 4.81. The summed E-state index contributed by atoms with van der Waals surface area (Å²) < 4.78 is 7.14. The highest BCUT2D eigenvalue weighted by Gasteiger charge is 2.18. The number of nitrogens with one attached hydrogen (secondary N) is 2. The average molecular weight is 365 g/mol. The number of nitrogens with zero attached hydrogens (tertiary/aromatic N) is 1. The van der Waals surface area contributed by atoms with Gasteiger partial charge in [0.25, 0.3) is 11.5 Å². The second-order valence-corrected chi connectivity index (χ2v) is 6.86. The van der Waals surface area contributed by atoms with Crippen molar-refractivity contribution in [3.05, 3.63) is 64.1 Å². The van der Waals surface area contributed by atoms with Gasteiger partial charge in [-0.3, -0.25) is 14.2 Å². The number of rotatable bonds is 5. The Labute approximate surface area is 157 Å². The Morgan fingerprint density at radius 3 is 2.78 bits per heavy atom. The molecule has 1 aliphatic heterocycles. The second-order valence-electron chi connectivity index (χ2n) is 6.86. The molecule has 1 saturated heterocycles. The number of hydrogen-bond acceptors (Lipinski definition) is 3. The zero-order valence-electron chi connectivity index (χ0n) is 15.3. The van der Waals surface area contributed by atoms with E-state index >= 15 is 0 Å². The van der Waals surface area contributed by atoms with E-state index < -0.39 is 0 Å². The Morgan fingerprint density at radius 2 is 2.07 bits per heavy atom. The lowest BCUT2D eigenvalue weighted by Crippen LogP contribution is -2.31. The minimum absolute atomic E-state index is 0.0913. The van der Waals surface area contributed by atoms with Gasteiger partial charge in [0.2, 0.25) is 0 Å². The first-order valence-corrected chi connectivity index (χ1v) is 9.39. The number of hydrogen-bond donors (Lipinski definition) is 2. The highest BCUT2D eigenvalue weighted by Crippen LogP contribution is 2.18. The monoisotopic (exact) mass is 365 g/mol. The SMILES string of the molecule is CCc1ccc(-n2c(=O)ccc3cc(C(=O)NCC4CCCO4)[nH]c32)cc1. The van der Waals surface area contributed by atoms with Gasteiger partial charge < -0.3 is 15.0 Å². The van der Waals surface area contributed by atoms with Crippen molar-refractivity contribution in [3.8, 4) is 5.69 Å². The van der Waals surface area contributed by atoms with Gasteiger partial charge >= 0.3 is 0 Å². The lowest BCUT2D eigenvalue weighted by molar-refractivity contribution is 0.0854. The number of amides is 1. The van der Waals surface area contributed by atoms with Crippen molar-refractivity contribution in [3.63, 3.8) is 0 Å². The first-order valence-electron chi connectivity index (χ1n) is 9.39. The molecule has 3 aromatic rings. The van der Waals surface area contributed by atoms with Crippen LogP contribution in [0.25, 0.3) is 16.7 Å². The van der Waals surface area contributed by atoms with Crippen LogP contribution < -0.4 is 10.9 Å². The van der Waals surface area contributed by atoms with E-state index in [1.165, 1.54) is 11.6 Å². The molecule has 0 bridgehead atoms. The number of aromatic amines is 1. The van der Waals surface area contributed by atoms with E-state index in [-0.39, 0.29) is 17.6 Å². The Hall–Kier alpha value is -2.86. The first kappa shape index (κ1) is 17.5. The fourth-order valence-electron chi connectivity index (χ4n) is 3.48. The van der Waals surface area contributed by atoms with Gasteiger partial charge in [-0.2, -0.15) is 0 Å². The maximum atomic E-state index is 12.5. The summed E-state index contributed by atoms with van der Waals surface area (Å²) in [6.07, 6.45) is 3.04. The molecule has 1 aliphatic rings. The average Bonchev–Trinajstić information content (AvgIpc) is 3.36. The summed E-state index contributed by atoms with van der Waals surface area (Å²) in [7, 11) is 0. The molecule has 6 heteroatoms. The van der Waals surface area contributed by atoms with Crippen LogP contribution >= 0.6 is 0 Å². The number of aromatic nitrogens is 2. The van der Waals surface area contributed by atoms with Gasteiger partial charge in [0.1, 0.15) is 11.3 Å². The smallest absolute Gasteiger partial charge is 0.267 e. The van der Waals surface area contributed by atoms with Gasteiger partial charge in [-0.25, -0.2) is 0 Å². The molecule has 1 unspecified atom stereocenters. The molecule has 0 spiro atoms. The van der Waals surface area contributed by atoms with Crippen molar-refractivity contribution in [2.45, 2.75) is 32.3 Å². The van der Waals surface area contributed by atoms with Gasteiger partial charge in [0.15, 0.2) is 0 Å². The quantitative estimate of drug-likeness (QED) is 0.730. The van der Waals surface area contributed by atoms with E-state index in [1.54, 1.807) is 16.7 Å². The number of ether oxygens (including phenoxy) is 1. The molecular formula is C21H23N3O3. The highest BCUT2D eigenvalue weighted by molar-refractivity contribution is 5.97. The molecule has 0 radical (unpaired) electrons. The predicted octanol–water partition coefficient (Wildman–Crippen LogP) is 2.79. The molecule has 4 rings (SSSR count). The van der Waals surface area contributed by atoms with Crippen LogP contribution in [0.1, 0.15) is 35.8 Å². The molecule has 1 fully saturated rings. The summed E-state index contributed by atoms with van der Waals surface area (Å²) in [5.41, 5.74) is 2.90. The molecule has 2 aromatic heterocycles. The van der Waals surface area contributed by atoms with Gasteiger partial charge in [-0.05, 0) is 49.1 Å². The molecule has 27 heavy (non-hydrogen) atoms. The minimum atomic E-state index is -0.193. The van der Waals surface area contributed by atoms with Crippen molar-refractivity contribution in [2.24, 2.45) is 0 Å². The summed E-state index contributed by atoms with van der Waals surface area (Å²) in [6.45, 7) is 3.35. The first-order chi connectivity index (χ1) is 13.2. The third kappa shape index (κ3) is 3.53. The van der Waals surface area contributed by atoms with Crippen molar-refractivity contribution >= 4 is 16.9 Å². The van der Waals surface area contributed by atoms with E-state index in [4.69, 9.17) is 4.74 Å². The summed E-state index contributed by atoms with van der Waals surface area (Å²) >= 11 is 0. The summed E-state index contributed by atoms with van der Waals surface area (Å²) in [6, 6.07) is 12.9. The van der Waals surface area contributed by atoms with Crippen molar-refractivity contribution in [1.29, 1.82) is 0 Å². The molecule has 1 atom stereocenters. The highest BCUT2D eigenvalue weighted by atomic mass is 16.5. The van der Waals surface area contributed by atoms with Crippen molar-refractivity contribution in [2.75, 3.05) is 13.2 Å². The molecule has 1 aromatic carbocycles. The number of carbonyl (C=O) groups excluding carboxylic acids is 1. The van der Waals surface area contributed by atoms with Crippen LogP contribution in [-0.4, -0.2) is 34.7 Å². The van der Waals surface area contributed by atoms with Crippen molar-refractivity contribution in [1.82, 2.24) is 14.9 Å². The molecule has 140 valence electrons. The van der Waals surface area contributed by atoms with Crippen LogP contribution in [0.15, 0.2) is 47.3 Å². The van der Waals surface area contributed by atoms with Gasteiger partial charge in [-0.1, -0.05) is 19.1 Å². The van der Waals surface area contributed by atoms with Crippen LogP contribution in [0.4, 0.5) is 0 Å². The largest absolute Gasteiger partial charge is 0.376 e. The lowest BCUT2D eigenvalue weighted by atomic mass is 10.1. The molecule has 0 aliphatic carbocycles. The second kappa shape index (κ2) is 7.40. The van der Waals surface area contributed by atoms with Gasteiger partial charge in [0.05, 0.1) is 11.8 Å². The Morgan fingerprint density at radius 1 is 1.26 bits per heavy atom. The summed E-state index contributed by atoms with van der Waals surface area (Å²) in [5, 5.41) is 3.72. The molecule has 1 amide bonds. The topological polar surface area (TPSA) is 76.1 Å². The van der Waals surface area contributed by atoms with E-state index in [1.807, 2.05) is 24.3 Å². The third-order valence-electron chi connectivity index (χ3n) is 5.04. The number of pyridine rings is 1. The summed E-state index contributed by atoms with van der Waals surface area (Å²) in [4.78, 5) is 28.1. The zero-order chi connectivity index (χ0) is 18.8. The number of fused-ring (bicyclic) bond motifs is 1. The molecule has 6 nitrogen and oxygen atoms in total. The van der Waals surface area contributed by atoms with E-state index in [2.05, 4.69) is 17.2 Å². The fraction of sp³-hybridized carbons (Fsp3) is 0.333. The summed E-state index contributed by atoms with van der Waals surface area (Å²) in [5.74, 6) is -0.193. The van der Waals surface area contributed by atoms with Crippen LogP contribution in [0.3, 0.4) is 0 Å². The molecular weight excluding hydrogens is 342 g/mol. The minimum Gasteiger partial charge on any atom is -0.376 e. The van der Waals surface area contributed by atoms with Crippen molar-refractivity contribution < 1.29 is 9.53 Å². The maximum absolute atomic E-state index is 12.5. The number of H-pyrrole nitrogens is 1. The normalized spacial score (nSPS) is 16.7. The van der Waals surface area contributed by atoms with Gasteiger partial charge in [-0.15, -0.1) is 0 Å². The number of carbonyl (C=O) groups is 1. The Balaban J connectivity index is 1.65. The zero-order valence-corrected chi connectivity index (χ0v) is 15.3.